The molecule has 18 heteroatoms. The fourth-order valence-corrected chi connectivity index (χ4v) is 8.69. The molecule has 2 fully saturated rings. The Morgan fingerprint density at radius 3 is 1.98 bits per heavy atom. The highest BCUT2D eigenvalue weighted by Crippen LogP contribution is 2.38. The number of aliphatic hydroxyl groups is 9. The maximum absolute atomic E-state index is 12.6. The lowest BCUT2D eigenvalue weighted by Crippen LogP contribution is -2.60. The average molecular weight is 1040 g/mol. The largest absolute Gasteiger partial charge is 0.481 e. The van der Waals surface area contributed by atoms with Gasteiger partial charge >= 0.3 is 11.9 Å². The molecular weight excluding hydrogens is 961 g/mol. The fourth-order valence-electron chi connectivity index (χ4n) is 8.09. The van der Waals surface area contributed by atoms with Crippen LogP contribution in [0.3, 0.4) is 0 Å². The summed E-state index contributed by atoms with van der Waals surface area (Å²) in [6.07, 6.45) is 5.08. The molecule has 3 heterocycles. The average Bonchev–Trinajstić information content (AvgIpc) is 3.21. The quantitative estimate of drug-likeness (QED) is 0.110. The number of hydrogen-bond donors (Lipinski definition) is 11. The number of rotatable bonds is 3. The van der Waals surface area contributed by atoms with Crippen molar-refractivity contribution in [2.45, 2.75) is 187 Å². The Hall–Kier alpha value is -2.41. The summed E-state index contributed by atoms with van der Waals surface area (Å²) < 4.78 is 23.3. The Morgan fingerprint density at radius 1 is 0.738 bits per heavy atom. The molecular formula is C47H74INO16. The van der Waals surface area contributed by atoms with Gasteiger partial charge in [-0.2, -0.15) is 0 Å². The number of carboxylic acid groups (broad SMARTS) is 1. The second kappa shape index (κ2) is 28.2. The van der Waals surface area contributed by atoms with Crippen LogP contribution in [0.5, 0.6) is 0 Å². The summed E-state index contributed by atoms with van der Waals surface area (Å²) >= 11 is 2.09. The van der Waals surface area contributed by atoms with Crippen molar-refractivity contribution < 1.29 is 79.6 Å². The standard InChI is InChI=1S/C47H74INO16/c1-27-17-15-13-11-9-7-5-6-8-10-12-14-16-18-34(64-46-44(58)42(49)41(48)30(4)63-46)24-38-40(45(59)60)37(55)26-47(61,65-38)25-36(54)35(53)20-19-31(50)21-32(51)22-33(52)23-39(56)62-29(3)28(2)43(27)57/h5-6,8,10-18,27-38,40-44,46,50-55,57-58,61H,7,9,19-26,49H2,1-4H3,(H,59,60)/b6-5+,10-8+,13-11+,14-12+,17-15+,18-16+/t27-,28-,29-,30-,31+,32+,33+,34-,35+,36+,37-,38-,40+,41-,42+,43+,44+,46+,47+/m0/s1. The molecule has 0 aromatic carbocycles. The van der Waals surface area contributed by atoms with Gasteiger partial charge in [0, 0.05) is 37.1 Å². The van der Waals surface area contributed by atoms with Gasteiger partial charge in [0.15, 0.2) is 12.1 Å². The number of allylic oxidation sites excluding steroid dienone is 10. The van der Waals surface area contributed by atoms with Crippen molar-refractivity contribution in [3.8, 4) is 0 Å². The van der Waals surface area contributed by atoms with E-state index in [1.54, 1.807) is 51.2 Å². The number of nitrogens with two attached hydrogens (primary N) is 1. The first-order valence-corrected chi connectivity index (χ1v) is 23.8. The molecule has 65 heavy (non-hydrogen) atoms. The van der Waals surface area contributed by atoms with Gasteiger partial charge in [-0.1, -0.05) is 109 Å². The van der Waals surface area contributed by atoms with E-state index in [-0.39, 0.29) is 41.9 Å². The molecule has 2 saturated heterocycles. The number of ether oxygens (including phenoxy) is 4. The van der Waals surface area contributed by atoms with Crippen LogP contribution in [0.15, 0.2) is 72.9 Å². The molecule has 2 bridgehead atoms. The van der Waals surface area contributed by atoms with Crippen molar-refractivity contribution in [1.82, 2.24) is 0 Å². The van der Waals surface area contributed by atoms with E-state index >= 15 is 0 Å². The lowest BCUT2D eigenvalue weighted by atomic mass is 9.82. The van der Waals surface area contributed by atoms with Crippen molar-refractivity contribution in [3.05, 3.63) is 72.9 Å². The van der Waals surface area contributed by atoms with Gasteiger partial charge in [-0.15, -0.1) is 0 Å². The van der Waals surface area contributed by atoms with Gasteiger partial charge in [-0.05, 0) is 52.4 Å². The number of carbonyl (C=O) groups is 2. The van der Waals surface area contributed by atoms with Crippen LogP contribution in [0, 0.1) is 17.8 Å². The zero-order valence-corrected chi connectivity index (χ0v) is 39.9. The summed E-state index contributed by atoms with van der Waals surface area (Å²) in [5.41, 5.74) is 6.26. The Balaban J connectivity index is 1.84. The Labute approximate surface area is 396 Å². The predicted octanol–water partition coefficient (Wildman–Crippen LogP) is 2.38. The van der Waals surface area contributed by atoms with E-state index in [1.165, 1.54) is 0 Å². The lowest BCUT2D eigenvalue weighted by molar-refractivity contribution is -0.307. The maximum Gasteiger partial charge on any atom is 0.311 e. The second-order valence-corrected chi connectivity index (χ2v) is 19.2. The molecule has 3 aliphatic heterocycles. The van der Waals surface area contributed by atoms with E-state index < -0.39 is 134 Å². The normalized spacial score (nSPS) is 45.2. The number of carbonyl (C=O) groups excluding carboxylic acids is 1. The number of carboxylic acids is 1. The summed E-state index contributed by atoms with van der Waals surface area (Å²) in [5, 5.41) is 108. The minimum atomic E-state index is -2.32. The fraction of sp³-hybridized carbons (Fsp3) is 0.702. The van der Waals surface area contributed by atoms with Gasteiger partial charge in [0.05, 0.1) is 71.4 Å². The van der Waals surface area contributed by atoms with Crippen LogP contribution in [-0.2, 0) is 28.5 Å². The highest BCUT2D eigenvalue weighted by molar-refractivity contribution is 14.1. The zero-order chi connectivity index (χ0) is 48.4. The van der Waals surface area contributed by atoms with Crippen molar-refractivity contribution in [2.75, 3.05) is 0 Å². The van der Waals surface area contributed by atoms with Gasteiger partial charge in [0.25, 0.3) is 0 Å². The number of cyclic esters (lactones) is 1. The van der Waals surface area contributed by atoms with Crippen LogP contribution >= 0.6 is 22.6 Å². The minimum Gasteiger partial charge on any atom is -0.481 e. The van der Waals surface area contributed by atoms with Gasteiger partial charge < -0.3 is 75.7 Å². The molecule has 0 aliphatic carbocycles. The number of alkyl halides is 1. The van der Waals surface area contributed by atoms with Crippen LogP contribution in [0.25, 0.3) is 0 Å². The number of fused-ring (bicyclic) bond motifs is 2. The molecule has 0 aromatic rings. The first-order valence-electron chi connectivity index (χ1n) is 22.6. The molecule has 0 aromatic heterocycles. The molecule has 3 rings (SSSR count). The third-order valence-corrected chi connectivity index (χ3v) is 14.0. The summed E-state index contributed by atoms with van der Waals surface area (Å²) in [6, 6.07) is -0.714. The molecule has 370 valence electrons. The van der Waals surface area contributed by atoms with Gasteiger partial charge in [-0.25, -0.2) is 0 Å². The smallest absolute Gasteiger partial charge is 0.311 e. The Morgan fingerprint density at radius 2 is 1.32 bits per heavy atom. The number of aliphatic hydroxyl groups excluding tert-OH is 8. The van der Waals surface area contributed by atoms with E-state index in [9.17, 15) is 60.7 Å². The second-order valence-electron chi connectivity index (χ2n) is 17.8. The maximum atomic E-state index is 12.6. The third-order valence-electron chi connectivity index (χ3n) is 12.2. The first kappa shape index (κ1) is 56.9. The summed E-state index contributed by atoms with van der Waals surface area (Å²) in [4.78, 5) is 25.1. The molecule has 3 aliphatic rings. The monoisotopic (exact) mass is 1040 g/mol. The minimum absolute atomic E-state index is 0.122. The van der Waals surface area contributed by atoms with Crippen molar-refractivity contribution in [3.63, 3.8) is 0 Å². The van der Waals surface area contributed by atoms with E-state index in [2.05, 4.69) is 22.6 Å². The zero-order valence-electron chi connectivity index (χ0n) is 37.8. The molecule has 19 atom stereocenters. The van der Waals surface area contributed by atoms with Gasteiger partial charge in [0.2, 0.25) is 0 Å². The molecule has 17 nitrogen and oxygen atoms in total. The molecule has 0 unspecified atom stereocenters. The van der Waals surface area contributed by atoms with Gasteiger partial charge in [-0.3, -0.25) is 9.59 Å². The van der Waals surface area contributed by atoms with Crippen molar-refractivity contribution >= 4 is 34.5 Å². The summed E-state index contributed by atoms with van der Waals surface area (Å²) in [5.74, 6) is -6.70. The van der Waals surface area contributed by atoms with Crippen molar-refractivity contribution in [2.24, 2.45) is 23.5 Å². The lowest BCUT2D eigenvalue weighted by Gasteiger charge is -2.45. The van der Waals surface area contributed by atoms with Crippen LogP contribution < -0.4 is 5.73 Å². The molecule has 0 radical (unpaired) electrons. The van der Waals surface area contributed by atoms with E-state index in [1.807, 2.05) is 49.5 Å². The highest BCUT2D eigenvalue weighted by atomic mass is 127. The van der Waals surface area contributed by atoms with Crippen molar-refractivity contribution in [1.29, 1.82) is 0 Å². The third kappa shape index (κ3) is 19.2. The first-order chi connectivity index (χ1) is 30.6. The number of aliphatic carboxylic acids is 1. The topological polar surface area (TPSA) is 299 Å². The summed E-state index contributed by atoms with van der Waals surface area (Å²) in [7, 11) is 0. The molecule has 0 saturated carbocycles. The van der Waals surface area contributed by atoms with Crippen LogP contribution in [-0.4, -0.2) is 158 Å². The molecule has 12 N–H and O–H groups in total. The van der Waals surface area contributed by atoms with Gasteiger partial charge in [0.1, 0.15) is 18.1 Å². The number of hydrogen-bond acceptors (Lipinski definition) is 16. The predicted molar refractivity (Wildman–Crippen MR) is 249 cm³/mol. The van der Waals surface area contributed by atoms with E-state index in [0.717, 1.165) is 12.8 Å². The molecule has 0 spiro atoms. The Kier molecular flexibility index (Phi) is 24.7. The van der Waals surface area contributed by atoms with Crippen LogP contribution in [0.1, 0.15) is 91.9 Å². The highest BCUT2D eigenvalue weighted by Gasteiger charge is 2.51. The van der Waals surface area contributed by atoms with E-state index in [0.29, 0.717) is 0 Å². The molecule has 0 amide bonds. The number of esters is 1. The summed E-state index contributed by atoms with van der Waals surface area (Å²) in [6.45, 7) is 7.04. The van der Waals surface area contributed by atoms with Crippen LogP contribution in [0.4, 0.5) is 0 Å². The Bertz CT molecular complexity index is 1630. The SMILES string of the molecule is C[C@@H]1[C@H](O)[C@@H](C)/C=C/C=C/CC/C=C/C=C/C=C/C=C/[C@H](O[C@H]2O[C@@H](C)[C@H](I)[C@@H](N)[C@H]2O)C[C@@H]2O[C@](O)(C[C@@H](O)[C@H](O)CC[C@@H](O)C[C@@H](O)C[C@@H](O)CC(=O)O[C@H]1C)C[C@H](O)[C@H]2C(=O)O. The van der Waals surface area contributed by atoms with Crippen LogP contribution in [0.2, 0.25) is 0 Å². The number of halogens is 1. The van der Waals surface area contributed by atoms with E-state index in [4.69, 9.17) is 24.7 Å².